The van der Waals surface area contributed by atoms with E-state index in [9.17, 15) is 4.39 Å². The number of hydrogen-bond acceptors (Lipinski definition) is 3. The van der Waals surface area contributed by atoms with Crippen molar-refractivity contribution in [1.82, 2.24) is 4.98 Å². The van der Waals surface area contributed by atoms with E-state index in [1.807, 2.05) is 24.3 Å². The number of benzene rings is 1. The quantitative estimate of drug-likeness (QED) is 0.841. The summed E-state index contributed by atoms with van der Waals surface area (Å²) in [5.74, 6) is 0.255. The Morgan fingerprint density at radius 1 is 0.917 bits per heavy atom. The van der Waals surface area contributed by atoms with Gasteiger partial charge in [0.05, 0.1) is 5.70 Å². The second-order valence-electron chi connectivity index (χ2n) is 6.24. The Kier molecular flexibility index (Phi) is 4.22. The van der Waals surface area contributed by atoms with E-state index in [-0.39, 0.29) is 5.82 Å². The van der Waals surface area contributed by atoms with E-state index in [0.29, 0.717) is 5.92 Å². The Balaban J connectivity index is 1.73. The van der Waals surface area contributed by atoms with Gasteiger partial charge < -0.3 is 4.74 Å². The molecule has 0 atom stereocenters. The fourth-order valence-electron chi connectivity index (χ4n) is 3.42. The molecule has 0 bridgehead atoms. The zero-order valence-corrected chi connectivity index (χ0v) is 13.4. The Labute approximate surface area is 140 Å². The van der Waals surface area contributed by atoms with E-state index >= 15 is 0 Å². The predicted molar refractivity (Wildman–Crippen MR) is 93.0 cm³/mol. The molecule has 2 aliphatic heterocycles. The smallest absolute Gasteiger partial charge is 0.123 e. The van der Waals surface area contributed by atoms with Crippen LogP contribution in [0, 0.1) is 11.7 Å². The Morgan fingerprint density at radius 2 is 1.62 bits per heavy atom. The standard InChI is InChI=1S/C20H19FN2O/c21-17-3-1-16(2-4-17)20-18(14-5-9-22-10-6-14)13-19(23-20)15-7-11-24-12-8-15/h1-6,9-10,15H,7-8,11-13H2. The molecular formula is C20H19FN2O. The third-order valence-electron chi connectivity index (χ3n) is 4.74. The van der Waals surface area contributed by atoms with Crippen LogP contribution in [0.25, 0.3) is 11.3 Å². The van der Waals surface area contributed by atoms with Gasteiger partial charge in [-0.2, -0.15) is 0 Å². The molecule has 1 aromatic heterocycles. The highest BCUT2D eigenvalue weighted by atomic mass is 19.1. The summed E-state index contributed by atoms with van der Waals surface area (Å²) in [6.07, 6.45) is 6.51. The van der Waals surface area contributed by atoms with E-state index in [0.717, 1.165) is 49.3 Å². The zero-order chi connectivity index (χ0) is 16.4. The minimum absolute atomic E-state index is 0.226. The van der Waals surface area contributed by atoms with Crippen molar-refractivity contribution in [2.24, 2.45) is 10.9 Å². The number of aliphatic imine (C=N–C) groups is 1. The second kappa shape index (κ2) is 6.65. The third-order valence-corrected chi connectivity index (χ3v) is 4.74. The van der Waals surface area contributed by atoms with Crippen LogP contribution in [0.15, 0.2) is 53.8 Å². The lowest BCUT2D eigenvalue weighted by atomic mass is 9.90. The average molecular weight is 322 g/mol. The summed E-state index contributed by atoms with van der Waals surface area (Å²) in [7, 11) is 0. The predicted octanol–water partition coefficient (Wildman–Crippen LogP) is 4.36. The molecule has 0 amide bonds. The van der Waals surface area contributed by atoms with Gasteiger partial charge in [-0.1, -0.05) is 0 Å². The highest BCUT2D eigenvalue weighted by Gasteiger charge is 2.27. The van der Waals surface area contributed by atoms with Crippen LogP contribution in [0.5, 0.6) is 0 Å². The summed E-state index contributed by atoms with van der Waals surface area (Å²) in [4.78, 5) is 9.08. The maximum absolute atomic E-state index is 13.3. The van der Waals surface area contributed by atoms with Crippen molar-refractivity contribution in [3.8, 4) is 0 Å². The van der Waals surface area contributed by atoms with Gasteiger partial charge in [0.25, 0.3) is 0 Å². The molecular weight excluding hydrogens is 303 g/mol. The second-order valence-corrected chi connectivity index (χ2v) is 6.24. The van der Waals surface area contributed by atoms with E-state index in [4.69, 9.17) is 9.73 Å². The van der Waals surface area contributed by atoms with Crippen molar-refractivity contribution in [3.05, 3.63) is 65.7 Å². The van der Waals surface area contributed by atoms with Crippen LogP contribution >= 0.6 is 0 Å². The minimum Gasteiger partial charge on any atom is -0.381 e. The van der Waals surface area contributed by atoms with Crippen molar-refractivity contribution in [3.63, 3.8) is 0 Å². The van der Waals surface area contributed by atoms with Crippen molar-refractivity contribution >= 4 is 17.0 Å². The van der Waals surface area contributed by atoms with Gasteiger partial charge in [-0.05, 0) is 60.4 Å². The zero-order valence-electron chi connectivity index (χ0n) is 13.4. The molecule has 3 heterocycles. The third kappa shape index (κ3) is 3.02. The van der Waals surface area contributed by atoms with Crippen molar-refractivity contribution in [2.75, 3.05) is 13.2 Å². The molecule has 2 aliphatic rings. The molecule has 0 spiro atoms. The van der Waals surface area contributed by atoms with Gasteiger partial charge in [0.1, 0.15) is 5.82 Å². The first kappa shape index (κ1) is 15.2. The van der Waals surface area contributed by atoms with Crippen LogP contribution in [0.4, 0.5) is 4.39 Å². The van der Waals surface area contributed by atoms with Crippen molar-refractivity contribution in [2.45, 2.75) is 19.3 Å². The molecule has 1 fully saturated rings. The lowest BCUT2D eigenvalue weighted by Crippen LogP contribution is -2.22. The van der Waals surface area contributed by atoms with E-state index < -0.39 is 0 Å². The molecule has 0 aliphatic carbocycles. The Morgan fingerprint density at radius 3 is 2.33 bits per heavy atom. The molecule has 1 aromatic carbocycles. The monoisotopic (exact) mass is 322 g/mol. The number of nitrogens with zero attached hydrogens (tertiary/aromatic N) is 2. The number of ether oxygens (including phenoxy) is 1. The van der Waals surface area contributed by atoms with Crippen molar-refractivity contribution < 1.29 is 9.13 Å². The topological polar surface area (TPSA) is 34.5 Å². The molecule has 0 N–H and O–H groups in total. The van der Waals surface area contributed by atoms with Gasteiger partial charge in [-0.25, -0.2) is 4.39 Å². The highest BCUT2D eigenvalue weighted by Crippen LogP contribution is 2.38. The van der Waals surface area contributed by atoms with Crippen LogP contribution in [0.2, 0.25) is 0 Å². The van der Waals surface area contributed by atoms with E-state index in [1.165, 1.54) is 23.4 Å². The minimum atomic E-state index is -0.226. The van der Waals surface area contributed by atoms with Crippen LogP contribution < -0.4 is 0 Å². The SMILES string of the molecule is Fc1ccc(C2=C(c3ccncc3)CC(C3CCOCC3)=N2)cc1. The molecule has 122 valence electrons. The average Bonchev–Trinajstić information content (AvgIpc) is 3.09. The van der Waals surface area contributed by atoms with Crippen LogP contribution in [-0.2, 0) is 4.74 Å². The molecule has 3 nitrogen and oxygen atoms in total. The van der Waals surface area contributed by atoms with E-state index in [2.05, 4.69) is 4.98 Å². The van der Waals surface area contributed by atoms with Crippen molar-refractivity contribution in [1.29, 1.82) is 0 Å². The number of rotatable bonds is 3. The maximum atomic E-state index is 13.3. The number of pyridine rings is 1. The van der Waals surface area contributed by atoms with Gasteiger partial charge in [-0.15, -0.1) is 0 Å². The molecule has 24 heavy (non-hydrogen) atoms. The molecule has 0 unspecified atom stereocenters. The lowest BCUT2D eigenvalue weighted by molar-refractivity contribution is 0.0826. The number of halogens is 1. The van der Waals surface area contributed by atoms with E-state index in [1.54, 1.807) is 12.4 Å². The summed E-state index contributed by atoms with van der Waals surface area (Å²) < 4.78 is 18.8. The summed E-state index contributed by atoms with van der Waals surface area (Å²) in [6, 6.07) is 10.6. The highest BCUT2D eigenvalue weighted by molar-refractivity contribution is 6.10. The molecule has 2 aromatic rings. The summed E-state index contributed by atoms with van der Waals surface area (Å²) in [5.41, 5.74) is 5.48. The van der Waals surface area contributed by atoms with Gasteiger partial charge in [0, 0.05) is 49.2 Å². The van der Waals surface area contributed by atoms with Gasteiger partial charge in [0.15, 0.2) is 0 Å². The van der Waals surface area contributed by atoms with Gasteiger partial charge in [-0.3, -0.25) is 9.98 Å². The van der Waals surface area contributed by atoms with Crippen LogP contribution in [0.3, 0.4) is 0 Å². The maximum Gasteiger partial charge on any atom is 0.123 e. The van der Waals surface area contributed by atoms with Gasteiger partial charge in [0.2, 0.25) is 0 Å². The summed E-state index contributed by atoms with van der Waals surface area (Å²) >= 11 is 0. The molecule has 1 saturated heterocycles. The molecule has 4 rings (SSSR count). The first-order valence-electron chi connectivity index (χ1n) is 8.36. The summed E-state index contributed by atoms with van der Waals surface area (Å²) in [6.45, 7) is 1.61. The number of aromatic nitrogens is 1. The number of hydrogen-bond donors (Lipinski definition) is 0. The molecule has 0 radical (unpaired) electrons. The Bertz CT molecular complexity index is 775. The largest absolute Gasteiger partial charge is 0.381 e. The fraction of sp³-hybridized carbons (Fsp3) is 0.300. The lowest BCUT2D eigenvalue weighted by Gasteiger charge is -2.22. The normalized spacial score (nSPS) is 18.8. The Hall–Kier alpha value is -2.33. The molecule has 0 saturated carbocycles. The van der Waals surface area contributed by atoms with Gasteiger partial charge >= 0.3 is 0 Å². The molecule has 4 heteroatoms. The summed E-state index contributed by atoms with van der Waals surface area (Å²) in [5, 5.41) is 0. The first-order valence-corrected chi connectivity index (χ1v) is 8.36. The fourth-order valence-corrected chi connectivity index (χ4v) is 3.42. The number of allylic oxidation sites excluding steroid dienone is 1. The van der Waals surface area contributed by atoms with Crippen LogP contribution in [-0.4, -0.2) is 23.9 Å². The van der Waals surface area contributed by atoms with Crippen LogP contribution in [0.1, 0.15) is 30.4 Å². The first-order chi connectivity index (χ1) is 11.8.